The van der Waals surface area contributed by atoms with Crippen LogP contribution in [0.4, 0.5) is 0 Å². The smallest absolute Gasteiger partial charge is 0.397 e. The zero-order valence-electron chi connectivity index (χ0n) is 30.4. The molecule has 3 unspecified atom stereocenters. The number of benzene rings is 1. The second-order valence-electron chi connectivity index (χ2n) is 11.3. The Bertz CT molecular complexity index is 1010. The van der Waals surface area contributed by atoms with Crippen molar-refractivity contribution in [2.45, 2.75) is 78.6 Å². The first-order valence-electron chi connectivity index (χ1n) is 17.1. The van der Waals surface area contributed by atoms with Crippen LogP contribution in [0, 0.1) is 0 Å². The van der Waals surface area contributed by atoms with Crippen LogP contribution >= 0.6 is 0 Å². The molecule has 48 heavy (non-hydrogen) atoms. The summed E-state index contributed by atoms with van der Waals surface area (Å²) in [5.74, 6) is 2.45. The van der Waals surface area contributed by atoms with Gasteiger partial charge in [0.25, 0.3) is 0 Å². The number of rotatable bonds is 32. The predicted octanol–water partition coefficient (Wildman–Crippen LogP) is 5.70. The fraction of sp³-hybridized carbons (Fsp3) is 0.824. The molecule has 1 rings (SSSR count). The largest absolute Gasteiger partial charge is 0.491 e. The van der Waals surface area contributed by atoms with Gasteiger partial charge in [-0.05, 0) is 54.2 Å². The van der Waals surface area contributed by atoms with Crippen molar-refractivity contribution in [1.82, 2.24) is 6.15 Å². The summed E-state index contributed by atoms with van der Waals surface area (Å²) >= 11 is 0. The van der Waals surface area contributed by atoms with Crippen molar-refractivity contribution < 1.29 is 55.0 Å². The van der Waals surface area contributed by atoms with E-state index < -0.39 is 10.4 Å². The van der Waals surface area contributed by atoms with E-state index in [1.165, 1.54) is 16.7 Å². The molecule has 0 spiro atoms. The Morgan fingerprint density at radius 2 is 0.854 bits per heavy atom. The third-order valence-corrected chi connectivity index (χ3v) is 8.28. The molecular formula is C34H65NO12S. The molecule has 0 saturated carbocycles. The number of hydrogen-bond acceptors (Lipinski definition) is 12. The summed E-state index contributed by atoms with van der Waals surface area (Å²) in [7, 11) is -4.42. The van der Waals surface area contributed by atoms with Gasteiger partial charge in [-0.2, -0.15) is 8.42 Å². The van der Waals surface area contributed by atoms with Crippen LogP contribution in [-0.4, -0.2) is 119 Å². The number of ether oxygens (including phenoxy) is 8. The van der Waals surface area contributed by atoms with E-state index >= 15 is 0 Å². The quantitative estimate of drug-likeness (QED) is 0.0689. The Morgan fingerprint density at radius 3 is 1.21 bits per heavy atom. The first-order chi connectivity index (χ1) is 22.7. The third kappa shape index (κ3) is 21.6. The Labute approximate surface area is 290 Å². The maximum atomic E-state index is 10.4. The monoisotopic (exact) mass is 711 g/mol. The zero-order chi connectivity index (χ0) is 34.8. The summed E-state index contributed by atoms with van der Waals surface area (Å²) in [5, 5.41) is 0. The summed E-state index contributed by atoms with van der Waals surface area (Å²) in [6.45, 7) is 19.8. The van der Waals surface area contributed by atoms with Gasteiger partial charge >= 0.3 is 10.4 Å². The van der Waals surface area contributed by atoms with Gasteiger partial charge in [-0.15, -0.1) is 0 Å². The van der Waals surface area contributed by atoms with Crippen LogP contribution in [0.3, 0.4) is 0 Å². The maximum absolute atomic E-state index is 10.4. The minimum Gasteiger partial charge on any atom is -0.491 e. The van der Waals surface area contributed by atoms with Gasteiger partial charge in [0, 0.05) is 5.56 Å². The molecule has 0 heterocycles. The first-order valence-corrected chi connectivity index (χ1v) is 18.5. The lowest BCUT2D eigenvalue weighted by molar-refractivity contribution is -0.0219. The highest BCUT2D eigenvalue weighted by molar-refractivity contribution is 7.80. The summed E-state index contributed by atoms with van der Waals surface area (Å²) in [6, 6.07) is 4.44. The van der Waals surface area contributed by atoms with E-state index in [0.717, 1.165) is 25.0 Å². The minimum absolute atomic E-state index is 0. The Balaban J connectivity index is 0.0000221. The average molecular weight is 712 g/mol. The lowest BCUT2D eigenvalue weighted by Gasteiger charge is -2.28. The molecule has 13 nitrogen and oxygen atoms in total. The molecule has 0 aliphatic carbocycles. The molecule has 1 aromatic carbocycles. The van der Waals surface area contributed by atoms with Crippen molar-refractivity contribution in [3.63, 3.8) is 0 Å². The van der Waals surface area contributed by atoms with Crippen LogP contribution < -0.4 is 10.9 Å². The number of hydrogen-bond donors (Lipinski definition) is 2. The van der Waals surface area contributed by atoms with Gasteiger partial charge in [0.1, 0.15) is 12.4 Å². The van der Waals surface area contributed by atoms with Gasteiger partial charge in [-0.3, -0.25) is 4.55 Å². The summed E-state index contributed by atoms with van der Waals surface area (Å²) in [5.41, 5.74) is 4.32. The fourth-order valence-corrected chi connectivity index (χ4v) is 4.98. The summed E-state index contributed by atoms with van der Waals surface area (Å²) in [4.78, 5) is 0. The Morgan fingerprint density at radius 1 is 0.521 bits per heavy atom. The van der Waals surface area contributed by atoms with E-state index in [2.05, 4.69) is 57.9 Å². The van der Waals surface area contributed by atoms with Gasteiger partial charge in [0.2, 0.25) is 0 Å². The Kier molecular flexibility index (Phi) is 28.4. The van der Waals surface area contributed by atoms with E-state index in [4.69, 9.17) is 42.4 Å². The van der Waals surface area contributed by atoms with Crippen LogP contribution in [0.1, 0.15) is 95.2 Å². The molecule has 284 valence electrons. The van der Waals surface area contributed by atoms with Crippen LogP contribution in [-0.2, 0) is 47.7 Å². The molecule has 0 radical (unpaired) electrons. The van der Waals surface area contributed by atoms with E-state index in [1.54, 1.807) is 0 Å². The van der Waals surface area contributed by atoms with E-state index in [-0.39, 0.29) is 26.0 Å². The van der Waals surface area contributed by atoms with Crippen LogP contribution in [0.5, 0.6) is 5.75 Å². The molecule has 4 N–H and O–H groups in total. The summed E-state index contributed by atoms with van der Waals surface area (Å²) in [6.07, 6.45) is 3.31. The minimum atomic E-state index is -4.42. The molecule has 0 amide bonds. The topological polar surface area (TPSA) is 172 Å². The normalized spacial score (nSPS) is 13.6. The van der Waals surface area contributed by atoms with E-state index in [0.29, 0.717) is 104 Å². The standard InChI is InChI=1S/C34H62O12S.H3N/c1-7-28(4)31-10-11-32(34(30(6)9-3)33(31)29(5)8-2)45-26-24-43-22-20-41-18-16-39-14-12-38-13-15-40-17-19-42-21-23-44-25-27-46-47(35,36)37;/h10-11,28-30H,7-9,12-27H2,1-6H3,(H,35,36,37);1H3. The molecule has 1 aromatic rings. The van der Waals surface area contributed by atoms with Crippen molar-refractivity contribution in [2.75, 3.05) is 106 Å². The SMILES string of the molecule is CCC(C)c1ccc(OCCOCCOCCOCCOCCOCCOCCOCCOS(=O)(=O)O)c(C(C)CC)c1C(C)CC.N. The van der Waals surface area contributed by atoms with Crippen molar-refractivity contribution in [1.29, 1.82) is 0 Å². The van der Waals surface area contributed by atoms with Crippen molar-refractivity contribution in [2.24, 2.45) is 0 Å². The molecule has 0 aliphatic rings. The molecule has 0 fully saturated rings. The predicted molar refractivity (Wildman–Crippen MR) is 186 cm³/mol. The van der Waals surface area contributed by atoms with Gasteiger partial charge in [-0.1, -0.05) is 47.6 Å². The second kappa shape index (κ2) is 29.3. The van der Waals surface area contributed by atoms with Crippen molar-refractivity contribution in [3.05, 3.63) is 28.8 Å². The molecule has 3 atom stereocenters. The van der Waals surface area contributed by atoms with Gasteiger partial charge in [0.05, 0.1) is 99.1 Å². The Hall–Kier alpha value is -1.43. The second-order valence-corrected chi connectivity index (χ2v) is 12.4. The van der Waals surface area contributed by atoms with Crippen molar-refractivity contribution in [3.8, 4) is 5.75 Å². The molecule has 0 bridgehead atoms. The molecule has 0 aliphatic heterocycles. The van der Waals surface area contributed by atoms with E-state index in [1.807, 2.05) is 0 Å². The lowest BCUT2D eigenvalue weighted by atomic mass is 9.79. The van der Waals surface area contributed by atoms with E-state index in [9.17, 15) is 8.42 Å². The van der Waals surface area contributed by atoms with Crippen LogP contribution in [0.15, 0.2) is 12.1 Å². The third-order valence-electron chi connectivity index (χ3n) is 7.81. The highest BCUT2D eigenvalue weighted by atomic mass is 32.3. The molecule has 0 aromatic heterocycles. The average Bonchev–Trinajstić information content (AvgIpc) is 3.06. The highest BCUT2D eigenvalue weighted by Gasteiger charge is 2.24. The summed E-state index contributed by atoms with van der Waals surface area (Å²) < 4.78 is 77.7. The van der Waals surface area contributed by atoms with Crippen molar-refractivity contribution >= 4 is 10.4 Å². The molecule has 0 saturated heterocycles. The lowest BCUT2D eigenvalue weighted by Crippen LogP contribution is -2.16. The van der Waals surface area contributed by atoms with Gasteiger partial charge in [0.15, 0.2) is 0 Å². The first kappa shape index (κ1) is 46.6. The zero-order valence-corrected chi connectivity index (χ0v) is 31.2. The fourth-order valence-electron chi connectivity index (χ4n) is 4.71. The van der Waals surface area contributed by atoms with Crippen LogP contribution in [0.25, 0.3) is 0 Å². The molecule has 14 heteroatoms. The molecular weight excluding hydrogens is 646 g/mol. The highest BCUT2D eigenvalue weighted by Crippen LogP contribution is 2.41. The van der Waals surface area contributed by atoms with Crippen LogP contribution in [0.2, 0.25) is 0 Å². The van der Waals surface area contributed by atoms with Gasteiger partial charge < -0.3 is 44.0 Å². The van der Waals surface area contributed by atoms with Gasteiger partial charge in [-0.25, -0.2) is 4.18 Å². The maximum Gasteiger partial charge on any atom is 0.397 e.